The second-order valence-electron chi connectivity index (χ2n) is 4.92. The zero-order chi connectivity index (χ0) is 14.5. The van der Waals surface area contributed by atoms with Crippen molar-refractivity contribution in [3.05, 3.63) is 47.3 Å². The van der Waals surface area contributed by atoms with Gasteiger partial charge in [-0.15, -0.1) is 0 Å². The van der Waals surface area contributed by atoms with Crippen molar-refractivity contribution in [2.75, 3.05) is 14.2 Å². The molecule has 0 spiro atoms. The van der Waals surface area contributed by atoms with E-state index >= 15 is 0 Å². The summed E-state index contributed by atoms with van der Waals surface area (Å²) < 4.78 is 5.44. The minimum absolute atomic E-state index is 0.741. The van der Waals surface area contributed by atoms with Crippen molar-refractivity contribution in [1.82, 2.24) is 19.9 Å². The molecule has 0 atom stereocenters. The number of nitrogens with zero attached hydrogens (tertiary/aromatic N) is 4. The molecule has 0 radical (unpaired) electrons. The van der Waals surface area contributed by atoms with E-state index in [1.165, 1.54) is 0 Å². The minimum Gasteiger partial charge on any atom is -0.496 e. The summed E-state index contributed by atoms with van der Waals surface area (Å²) in [6.07, 6.45) is 7.03. The molecule has 5 heteroatoms. The molecule has 0 bridgehead atoms. The summed E-state index contributed by atoms with van der Waals surface area (Å²) in [5.74, 6) is 0.919. The van der Waals surface area contributed by atoms with Crippen molar-refractivity contribution >= 4 is 0 Å². The van der Waals surface area contributed by atoms with Gasteiger partial charge in [0.1, 0.15) is 5.75 Å². The predicted octanol–water partition coefficient (Wildman–Crippen LogP) is 2.13. The molecule has 2 aromatic rings. The van der Waals surface area contributed by atoms with Crippen LogP contribution in [0, 0.1) is 13.8 Å². The fraction of sp³-hybridized carbons (Fsp3) is 0.400. The fourth-order valence-electron chi connectivity index (χ4n) is 2.23. The third-order valence-electron chi connectivity index (χ3n) is 3.22. The summed E-state index contributed by atoms with van der Waals surface area (Å²) in [6.45, 7) is 5.54. The minimum atomic E-state index is 0.741. The first-order chi connectivity index (χ1) is 9.61. The van der Waals surface area contributed by atoms with Crippen LogP contribution in [0.1, 0.15) is 22.5 Å². The lowest BCUT2D eigenvalue weighted by Gasteiger charge is -2.18. The Bertz CT molecular complexity index is 572. The van der Waals surface area contributed by atoms with Crippen LogP contribution in [0.2, 0.25) is 0 Å². The summed E-state index contributed by atoms with van der Waals surface area (Å²) in [5.41, 5.74) is 4.13. The highest BCUT2D eigenvalue weighted by atomic mass is 16.5. The zero-order valence-electron chi connectivity index (χ0n) is 12.4. The molecule has 0 saturated heterocycles. The summed E-state index contributed by atoms with van der Waals surface area (Å²) in [7, 11) is 3.74. The highest BCUT2D eigenvalue weighted by Gasteiger charge is 2.11. The van der Waals surface area contributed by atoms with Crippen LogP contribution in [-0.2, 0) is 13.1 Å². The summed E-state index contributed by atoms with van der Waals surface area (Å²) in [6, 6.07) is 0. The van der Waals surface area contributed by atoms with Crippen molar-refractivity contribution in [3.8, 4) is 5.75 Å². The molecule has 5 nitrogen and oxygen atoms in total. The Hall–Kier alpha value is -2.01. The van der Waals surface area contributed by atoms with Crippen molar-refractivity contribution in [2.45, 2.75) is 26.9 Å². The van der Waals surface area contributed by atoms with Crippen LogP contribution >= 0.6 is 0 Å². The van der Waals surface area contributed by atoms with E-state index in [4.69, 9.17) is 4.74 Å². The lowest BCUT2D eigenvalue weighted by atomic mass is 10.1. The Balaban J connectivity index is 2.10. The van der Waals surface area contributed by atoms with Crippen LogP contribution in [0.25, 0.3) is 0 Å². The Morgan fingerprint density at radius 3 is 2.55 bits per heavy atom. The monoisotopic (exact) mass is 272 g/mol. The third-order valence-corrected chi connectivity index (χ3v) is 3.22. The van der Waals surface area contributed by atoms with Gasteiger partial charge in [0.05, 0.1) is 18.5 Å². The van der Waals surface area contributed by atoms with E-state index in [0.717, 1.165) is 41.4 Å². The Kier molecular flexibility index (Phi) is 4.63. The molecule has 0 aliphatic rings. The van der Waals surface area contributed by atoms with Crippen LogP contribution < -0.4 is 4.74 Å². The number of ether oxygens (including phenoxy) is 1. The molecule has 106 valence electrons. The molecule has 0 aromatic carbocycles. The number of aryl methyl sites for hydroxylation is 1. The van der Waals surface area contributed by atoms with Crippen LogP contribution in [0.4, 0.5) is 0 Å². The maximum absolute atomic E-state index is 5.44. The molecule has 0 aliphatic heterocycles. The summed E-state index contributed by atoms with van der Waals surface area (Å²) in [5, 5.41) is 0. The second-order valence-corrected chi connectivity index (χ2v) is 4.92. The van der Waals surface area contributed by atoms with Gasteiger partial charge in [-0.1, -0.05) is 0 Å². The van der Waals surface area contributed by atoms with Gasteiger partial charge in [-0.3, -0.25) is 19.9 Å². The van der Waals surface area contributed by atoms with Gasteiger partial charge >= 0.3 is 0 Å². The number of pyridine rings is 1. The van der Waals surface area contributed by atoms with Crippen LogP contribution in [0.5, 0.6) is 5.75 Å². The topological polar surface area (TPSA) is 51.1 Å². The number of hydrogen-bond donors (Lipinski definition) is 0. The van der Waals surface area contributed by atoms with Gasteiger partial charge in [-0.2, -0.15) is 0 Å². The SMILES string of the molecule is COc1c(C)cnc(CN(C)Cc2cnccn2)c1C. The fourth-order valence-corrected chi connectivity index (χ4v) is 2.23. The van der Waals surface area contributed by atoms with Gasteiger partial charge in [0.2, 0.25) is 0 Å². The van der Waals surface area contributed by atoms with Crippen molar-refractivity contribution < 1.29 is 4.74 Å². The molecule has 2 aromatic heterocycles. The van der Waals surface area contributed by atoms with Gasteiger partial charge < -0.3 is 4.74 Å². The van der Waals surface area contributed by atoms with Crippen LogP contribution in [-0.4, -0.2) is 34.0 Å². The molecule has 0 fully saturated rings. The van der Waals surface area contributed by atoms with Gasteiger partial charge in [0.15, 0.2) is 0 Å². The molecule has 2 rings (SSSR count). The molecule has 0 unspecified atom stereocenters. The largest absolute Gasteiger partial charge is 0.496 e. The molecular formula is C15H20N4O. The Morgan fingerprint density at radius 2 is 1.90 bits per heavy atom. The lowest BCUT2D eigenvalue weighted by Crippen LogP contribution is -2.19. The van der Waals surface area contributed by atoms with E-state index in [-0.39, 0.29) is 0 Å². The average Bonchev–Trinajstić information content (AvgIpc) is 2.44. The third kappa shape index (κ3) is 3.30. The molecule has 0 aliphatic carbocycles. The van der Waals surface area contributed by atoms with Crippen LogP contribution in [0.15, 0.2) is 24.8 Å². The van der Waals surface area contributed by atoms with Gasteiger partial charge in [-0.25, -0.2) is 0 Å². The van der Waals surface area contributed by atoms with Crippen molar-refractivity contribution in [1.29, 1.82) is 0 Å². The zero-order valence-corrected chi connectivity index (χ0v) is 12.4. The van der Waals surface area contributed by atoms with E-state index < -0.39 is 0 Å². The first-order valence-corrected chi connectivity index (χ1v) is 6.54. The first kappa shape index (κ1) is 14.4. The van der Waals surface area contributed by atoms with E-state index in [9.17, 15) is 0 Å². The van der Waals surface area contributed by atoms with Gasteiger partial charge in [-0.05, 0) is 20.9 Å². The number of hydrogen-bond acceptors (Lipinski definition) is 5. The molecule has 0 saturated carbocycles. The second kappa shape index (κ2) is 6.43. The highest BCUT2D eigenvalue weighted by Crippen LogP contribution is 2.24. The Labute approximate surface area is 119 Å². The molecular weight excluding hydrogens is 252 g/mol. The van der Waals surface area contributed by atoms with Crippen LogP contribution in [0.3, 0.4) is 0 Å². The normalized spacial score (nSPS) is 10.8. The van der Waals surface area contributed by atoms with Crippen molar-refractivity contribution in [2.24, 2.45) is 0 Å². The van der Waals surface area contributed by atoms with Gasteiger partial charge in [0, 0.05) is 49.0 Å². The molecule has 2 heterocycles. The number of methoxy groups -OCH3 is 1. The predicted molar refractivity (Wildman–Crippen MR) is 77.5 cm³/mol. The Morgan fingerprint density at radius 1 is 1.10 bits per heavy atom. The van der Waals surface area contributed by atoms with Gasteiger partial charge in [0.25, 0.3) is 0 Å². The molecule has 20 heavy (non-hydrogen) atoms. The summed E-state index contributed by atoms with van der Waals surface area (Å²) in [4.78, 5) is 15.0. The van der Waals surface area contributed by atoms with E-state index in [2.05, 4.69) is 19.9 Å². The lowest BCUT2D eigenvalue weighted by molar-refractivity contribution is 0.308. The van der Waals surface area contributed by atoms with E-state index in [1.54, 1.807) is 25.7 Å². The van der Waals surface area contributed by atoms with Crippen molar-refractivity contribution in [3.63, 3.8) is 0 Å². The standard InChI is InChI=1S/C15H20N4O/c1-11-7-18-14(12(2)15(11)20-4)10-19(3)9-13-8-16-5-6-17-13/h5-8H,9-10H2,1-4H3. The summed E-state index contributed by atoms with van der Waals surface area (Å²) >= 11 is 0. The average molecular weight is 272 g/mol. The number of aromatic nitrogens is 3. The van der Waals surface area contributed by atoms with E-state index in [0.29, 0.717) is 0 Å². The smallest absolute Gasteiger partial charge is 0.128 e. The molecule has 0 amide bonds. The quantitative estimate of drug-likeness (QED) is 0.834. The number of rotatable bonds is 5. The maximum Gasteiger partial charge on any atom is 0.128 e. The molecule has 0 N–H and O–H groups in total. The first-order valence-electron chi connectivity index (χ1n) is 6.54. The van der Waals surface area contributed by atoms with E-state index in [1.807, 2.05) is 27.1 Å². The maximum atomic E-state index is 5.44. The highest BCUT2D eigenvalue weighted by molar-refractivity contribution is 5.40.